The second-order valence-electron chi connectivity index (χ2n) is 2.89. The summed E-state index contributed by atoms with van der Waals surface area (Å²) in [4.78, 5) is 11.1. The minimum atomic E-state index is -0.141. The number of ketones is 1. The van der Waals surface area contributed by atoms with Crippen LogP contribution in [0.1, 0.15) is 22.8 Å². The Kier molecular flexibility index (Phi) is 2.56. The van der Waals surface area contributed by atoms with E-state index in [0.29, 0.717) is 11.3 Å². The average Bonchev–Trinajstić information content (AvgIpc) is 2.02. The molecular formula is C10H12O3. The summed E-state index contributed by atoms with van der Waals surface area (Å²) in [7, 11) is 1.52. The fraction of sp³-hybridized carbons (Fsp3) is 0.300. The van der Waals surface area contributed by atoms with Gasteiger partial charge in [-0.15, -0.1) is 0 Å². The summed E-state index contributed by atoms with van der Waals surface area (Å²) in [5, 5.41) is 9.47. The molecule has 0 fully saturated rings. The first-order valence-electron chi connectivity index (χ1n) is 3.94. The van der Waals surface area contributed by atoms with E-state index in [1.165, 1.54) is 20.1 Å². The smallest absolute Gasteiger partial charge is 0.163 e. The highest BCUT2D eigenvalue weighted by Crippen LogP contribution is 2.27. The van der Waals surface area contributed by atoms with Crippen molar-refractivity contribution in [2.75, 3.05) is 7.11 Å². The molecule has 0 saturated heterocycles. The summed E-state index contributed by atoms with van der Waals surface area (Å²) < 4.78 is 4.94. The van der Waals surface area contributed by atoms with Gasteiger partial charge in [-0.25, -0.2) is 0 Å². The van der Waals surface area contributed by atoms with E-state index in [1.54, 1.807) is 13.0 Å². The van der Waals surface area contributed by atoms with Crippen LogP contribution in [0.5, 0.6) is 11.5 Å². The van der Waals surface area contributed by atoms with Crippen LogP contribution >= 0.6 is 0 Å². The molecule has 0 heterocycles. The van der Waals surface area contributed by atoms with Crippen molar-refractivity contribution < 1.29 is 14.6 Å². The van der Waals surface area contributed by atoms with E-state index in [1.807, 2.05) is 0 Å². The highest BCUT2D eigenvalue weighted by atomic mass is 16.5. The van der Waals surface area contributed by atoms with Gasteiger partial charge < -0.3 is 9.84 Å². The minimum Gasteiger partial charge on any atom is -0.507 e. The summed E-state index contributed by atoms with van der Waals surface area (Å²) in [5.41, 5.74) is 1.09. The van der Waals surface area contributed by atoms with Crippen LogP contribution < -0.4 is 4.74 Å². The number of Topliss-reactive ketones (excluding diaryl/α,β-unsaturated/α-hetero) is 1. The molecule has 0 aliphatic rings. The topological polar surface area (TPSA) is 46.5 Å². The molecule has 0 aromatic heterocycles. The standard InChI is InChI=1S/C10H12O3/c1-6-4-8(13-3)5-9(12)10(6)7(2)11/h4-5,12H,1-3H3. The van der Waals surface area contributed by atoms with E-state index in [9.17, 15) is 9.90 Å². The number of hydrogen-bond donors (Lipinski definition) is 1. The van der Waals surface area contributed by atoms with E-state index in [0.717, 1.165) is 5.56 Å². The highest BCUT2D eigenvalue weighted by Gasteiger charge is 2.11. The summed E-state index contributed by atoms with van der Waals surface area (Å²) >= 11 is 0. The lowest BCUT2D eigenvalue weighted by Crippen LogP contribution is -1.97. The predicted octanol–water partition coefficient (Wildman–Crippen LogP) is 1.91. The molecule has 0 aliphatic carbocycles. The maximum absolute atomic E-state index is 11.1. The van der Waals surface area contributed by atoms with Crippen molar-refractivity contribution in [1.82, 2.24) is 0 Å². The van der Waals surface area contributed by atoms with Crippen molar-refractivity contribution in [3.8, 4) is 11.5 Å². The lowest BCUT2D eigenvalue weighted by molar-refractivity contribution is 0.101. The Hall–Kier alpha value is -1.51. The number of hydrogen-bond acceptors (Lipinski definition) is 3. The first-order chi connectivity index (χ1) is 6.06. The van der Waals surface area contributed by atoms with Crippen LogP contribution in [0.15, 0.2) is 12.1 Å². The van der Waals surface area contributed by atoms with Crippen LogP contribution in [0.2, 0.25) is 0 Å². The first-order valence-corrected chi connectivity index (χ1v) is 3.94. The van der Waals surface area contributed by atoms with Crippen LogP contribution in [0, 0.1) is 6.92 Å². The molecule has 1 rings (SSSR count). The number of aryl methyl sites for hydroxylation is 1. The molecule has 3 nitrogen and oxygen atoms in total. The molecule has 0 atom stereocenters. The highest BCUT2D eigenvalue weighted by molar-refractivity contribution is 5.98. The number of phenols is 1. The minimum absolute atomic E-state index is 0.0237. The molecule has 1 N–H and O–H groups in total. The number of carbonyl (C=O) groups is 1. The van der Waals surface area contributed by atoms with Gasteiger partial charge in [-0.1, -0.05) is 0 Å². The van der Waals surface area contributed by atoms with Gasteiger partial charge in [0.05, 0.1) is 12.7 Å². The Labute approximate surface area is 77.0 Å². The summed E-state index contributed by atoms with van der Waals surface area (Å²) in [5.74, 6) is 0.391. The Morgan fingerprint density at radius 1 is 1.46 bits per heavy atom. The number of benzene rings is 1. The van der Waals surface area contributed by atoms with Crippen molar-refractivity contribution in [3.63, 3.8) is 0 Å². The molecule has 0 spiro atoms. The molecule has 13 heavy (non-hydrogen) atoms. The number of methoxy groups -OCH3 is 1. The Morgan fingerprint density at radius 3 is 2.46 bits per heavy atom. The van der Waals surface area contributed by atoms with E-state index < -0.39 is 0 Å². The zero-order chi connectivity index (χ0) is 10.0. The SMILES string of the molecule is COc1cc(C)c(C(C)=O)c(O)c1. The molecule has 0 aliphatic heterocycles. The second-order valence-corrected chi connectivity index (χ2v) is 2.89. The van der Waals surface area contributed by atoms with Gasteiger partial charge in [-0.3, -0.25) is 4.79 Å². The van der Waals surface area contributed by atoms with Crippen molar-refractivity contribution >= 4 is 5.78 Å². The lowest BCUT2D eigenvalue weighted by Gasteiger charge is -2.07. The summed E-state index contributed by atoms with van der Waals surface area (Å²) in [6.45, 7) is 3.19. The molecular weight excluding hydrogens is 168 g/mol. The van der Waals surface area contributed by atoms with E-state index in [4.69, 9.17) is 4.74 Å². The molecule has 0 bridgehead atoms. The monoisotopic (exact) mass is 180 g/mol. The molecule has 0 saturated carbocycles. The third-order valence-electron chi connectivity index (χ3n) is 1.88. The molecule has 3 heteroatoms. The zero-order valence-electron chi connectivity index (χ0n) is 7.92. The normalized spacial score (nSPS) is 9.77. The number of ether oxygens (including phenoxy) is 1. The maximum Gasteiger partial charge on any atom is 0.163 e. The van der Waals surface area contributed by atoms with Crippen LogP contribution in [0.3, 0.4) is 0 Å². The Morgan fingerprint density at radius 2 is 2.08 bits per heavy atom. The fourth-order valence-corrected chi connectivity index (χ4v) is 1.31. The second kappa shape index (κ2) is 3.47. The third kappa shape index (κ3) is 1.80. The van der Waals surface area contributed by atoms with Crippen LogP contribution in [0.4, 0.5) is 0 Å². The Balaban J connectivity index is 3.31. The van der Waals surface area contributed by atoms with Gasteiger partial charge in [0.25, 0.3) is 0 Å². The van der Waals surface area contributed by atoms with Gasteiger partial charge in [-0.2, -0.15) is 0 Å². The van der Waals surface area contributed by atoms with Crippen molar-refractivity contribution in [3.05, 3.63) is 23.3 Å². The quantitative estimate of drug-likeness (QED) is 0.707. The zero-order valence-corrected chi connectivity index (χ0v) is 7.92. The first kappa shape index (κ1) is 9.58. The average molecular weight is 180 g/mol. The predicted molar refractivity (Wildman–Crippen MR) is 49.4 cm³/mol. The lowest BCUT2D eigenvalue weighted by atomic mass is 10.0. The van der Waals surface area contributed by atoms with Gasteiger partial charge in [0.1, 0.15) is 11.5 Å². The Bertz CT molecular complexity index is 319. The number of carbonyl (C=O) groups excluding carboxylic acids is 1. The van der Waals surface area contributed by atoms with E-state index in [-0.39, 0.29) is 11.5 Å². The number of aromatic hydroxyl groups is 1. The van der Waals surface area contributed by atoms with Gasteiger partial charge in [0, 0.05) is 6.07 Å². The van der Waals surface area contributed by atoms with E-state index >= 15 is 0 Å². The number of phenolic OH excluding ortho intramolecular Hbond substituents is 1. The van der Waals surface area contributed by atoms with Crippen molar-refractivity contribution in [1.29, 1.82) is 0 Å². The maximum atomic E-state index is 11.1. The summed E-state index contributed by atoms with van der Waals surface area (Å²) in [6.07, 6.45) is 0. The fourth-order valence-electron chi connectivity index (χ4n) is 1.31. The van der Waals surface area contributed by atoms with Crippen molar-refractivity contribution in [2.24, 2.45) is 0 Å². The molecule has 0 amide bonds. The van der Waals surface area contributed by atoms with Gasteiger partial charge in [-0.05, 0) is 25.5 Å². The van der Waals surface area contributed by atoms with Crippen LogP contribution in [-0.4, -0.2) is 18.0 Å². The molecule has 1 aromatic carbocycles. The van der Waals surface area contributed by atoms with Crippen molar-refractivity contribution in [2.45, 2.75) is 13.8 Å². The molecule has 70 valence electrons. The molecule has 0 unspecified atom stereocenters. The molecule has 1 aromatic rings. The number of rotatable bonds is 2. The van der Waals surface area contributed by atoms with E-state index in [2.05, 4.69) is 0 Å². The van der Waals surface area contributed by atoms with Gasteiger partial charge >= 0.3 is 0 Å². The van der Waals surface area contributed by atoms with Crippen LogP contribution in [0.25, 0.3) is 0 Å². The molecule has 0 radical (unpaired) electrons. The van der Waals surface area contributed by atoms with Crippen LogP contribution in [-0.2, 0) is 0 Å². The summed E-state index contributed by atoms with van der Waals surface area (Å²) in [6, 6.07) is 3.15. The largest absolute Gasteiger partial charge is 0.507 e. The third-order valence-corrected chi connectivity index (χ3v) is 1.88. The van der Waals surface area contributed by atoms with Gasteiger partial charge in [0.2, 0.25) is 0 Å². The van der Waals surface area contributed by atoms with Gasteiger partial charge in [0.15, 0.2) is 5.78 Å².